The summed E-state index contributed by atoms with van der Waals surface area (Å²) in [6.07, 6.45) is 1.57. The zero-order chi connectivity index (χ0) is 19.3. The normalized spacial score (nSPS) is 17.0. The van der Waals surface area contributed by atoms with Crippen molar-refractivity contribution in [3.05, 3.63) is 76.3 Å². The lowest BCUT2D eigenvalue weighted by molar-refractivity contribution is -0.139. The topological polar surface area (TPSA) is 75.3 Å². The maximum atomic E-state index is 12.6. The van der Waals surface area contributed by atoms with Gasteiger partial charge in [-0.1, -0.05) is 42.5 Å². The highest BCUT2D eigenvalue weighted by molar-refractivity contribution is 5.77. The van der Waals surface area contributed by atoms with Gasteiger partial charge in [0.05, 0.1) is 24.1 Å². The van der Waals surface area contributed by atoms with E-state index in [0.29, 0.717) is 55.7 Å². The largest absolute Gasteiger partial charge is 0.370 e. The number of hydrogen-bond acceptors (Lipinski definition) is 4. The standard InChI is InChI=1S/C22H23N3O3/c26-21(25-13-14-28-19(15-25)16-7-2-1-3-8-16)12-6-11-20-23-18-10-5-4-9-17(18)22(27)24-20/h1-5,7-10,19H,6,11-15H2,(H,23,24,27)/t19-/m0/s1. The van der Waals surface area contributed by atoms with Crippen LogP contribution in [0.15, 0.2) is 59.4 Å². The highest BCUT2D eigenvalue weighted by Gasteiger charge is 2.24. The molecule has 3 aromatic rings. The number of aromatic nitrogens is 2. The number of nitrogens with one attached hydrogen (secondary N) is 1. The van der Waals surface area contributed by atoms with Crippen LogP contribution in [-0.4, -0.2) is 40.5 Å². The molecule has 1 atom stereocenters. The summed E-state index contributed by atoms with van der Waals surface area (Å²) >= 11 is 0. The highest BCUT2D eigenvalue weighted by Crippen LogP contribution is 2.22. The van der Waals surface area contributed by atoms with Gasteiger partial charge in [-0.2, -0.15) is 0 Å². The van der Waals surface area contributed by atoms with E-state index >= 15 is 0 Å². The molecule has 28 heavy (non-hydrogen) atoms. The quantitative estimate of drug-likeness (QED) is 0.742. The maximum Gasteiger partial charge on any atom is 0.258 e. The summed E-state index contributed by atoms with van der Waals surface area (Å²) in [6, 6.07) is 17.3. The fourth-order valence-electron chi connectivity index (χ4n) is 3.56. The molecular weight excluding hydrogens is 354 g/mol. The van der Waals surface area contributed by atoms with E-state index < -0.39 is 0 Å². The average Bonchev–Trinajstić information content (AvgIpc) is 2.74. The summed E-state index contributed by atoms with van der Waals surface area (Å²) < 4.78 is 5.83. The average molecular weight is 377 g/mol. The number of hydrogen-bond donors (Lipinski definition) is 1. The number of para-hydroxylation sites is 1. The highest BCUT2D eigenvalue weighted by atomic mass is 16.5. The van der Waals surface area contributed by atoms with E-state index in [0.717, 1.165) is 5.56 Å². The molecule has 1 amide bonds. The van der Waals surface area contributed by atoms with Gasteiger partial charge in [-0.15, -0.1) is 0 Å². The molecule has 2 heterocycles. The van der Waals surface area contributed by atoms with E-state index in [1.54, 1.807) is 6.07 Å². The SMILES string of the molecule is O=C(CCCc1nc2ccccc2c(=O)[nH]1)N1CCO[C@H](c2ccccc2)C1. The van der Waals surface area contributed by atoms with Crippen molar-refractivity contribution in [2.24, 2.45) is 0 Å². The summed E-state index contributed by atoms with van der Waals surface area (Å²) in [6.45, 7) is 1.74. The second-order valence-corrected chi connectivity index (χ2v) is 6.99. The van der Waals surface area contributed by atoms with Gasteiger partial charge in [0.15, 0.2) is 0 Å². The molecule has 1 saturated heterocycles. The number of amides is 1. The minimum absolute atomic E-state index is 0.0718. The smallest absolute Gasteiger partial charge is 0.258 e. The lowest BCUT2D eigenvalue weighted by Gasteiger charge is -2.33. The second kappa shape index (κ2) is 8.35. The van der Waals surface area contributed by atoms with Crippen LogP contribution in [0.3, 0.4) is 0 Å². The van der Waals surface area contributed by atoms with Crippen LogP contribution in [0.25, 0.3) is 10.9 Å². The van der Waals surface area contributed by atoms with Gasteiger partial charge < -0.3 is 14.6 Å². The summed E-state index contributed by atoms with van der Waals surface area (Å²) in [5.74, 6) is 0.744. The molecule has 4 rings (SSSR count). The Balaban J connectivity index is 1.34. The molecule has 6 nitrogen and oxygen atoms in total. The summed E-state index contributed by atoms with van der Waals surface area (Å²) in [5, 5.41) is 0.586. The molecule has 1 fully saturated rings. The van der Waals surface area contributed by atoms with Crippen molar-refractivity contribution in [1.29, 1.82) is 0 Å². The number of rotatable bonds is 5. The van der Waals surface area contributed by atoms with Crippen molar-refractivity contribution in [2.45, 2.75) is 25.4 Å². The first-order valence-corrected chi connectivity index (χ1v) is 9.63. The Kier molecular flexibility index (Phi) is 5.48. The zero-order valence-corrected chi connectivity index (χ0v) is 15.6. The van der Waals surface area contributed by atoms with Crippen LogP contribution in [0.4, 0.5) is 0 Å². The predicted octanol–water partition coefficient (Wildman–Crippen LogP) is 2.85. The Labute approximate surface area is 163 Å². The number of H-pyrrole nitrogens is 1. The molecule has 1 aliphatic heterocycles. The lowest BCUT2D eigenvalue weighted by Crippen LogP contribution is -2.42. The molecule has 0 unspecified atom stereocenters. The van der Waals surface area contributed by atoms with Gasteiger partial charge >= 0.3 is 0 Å². The minimum atomic E-state index is -0.134. The Morgan fingerprint density at radius 3 is 2.79 bits per heavy atom. The molecule has 0 bridgehead atoms. The second-order valence-electron chi connectivity index (χ2n) is 6.99. The van der Waals surface area contributed by atoms with Crippen molar-refractivity contribution in [3.8, 4) is 0 Å². The molecule has 0 spiro atoms. The number of aromatic amines is 1. The van der Waals surface area contributed by atoms with Gasteiger partial charge in [0.25, 0.3) is 5.56 Å². The number of morpholine rings is 1. The molecule has 6 heteroatoms. The molecule has 1 N–H and O–H groups in total. The predicted molar refractivity (Wildman–Crippen MR) is 107 cm³/mol. The maximum absolute atomic E-state index is 12.6. The van der Waals surface area contributed by atoms with Crippen molar-refractivity contribution in [3.63, 3.8) is 0 Å². The summed E-state index contributed by atoms with van der Waals surface area (Å²) in [4.78, 5) is 33.9. The molecule has 1 aliphatic rings. The van der Waals surface area contributed by atoms with E-state index in [1.165, 1.54) is 0 Å². The Morgan fingerprint density at radius 2 is 1.93 bits per heavy atom. The van der Waals surface area contributed by atoms with Crippen molar-refractivity contribution in [1.82, 2.24) is 14.9 Å². The first-order chi connectivity index (χ1) is 13.7. The fraction of sp³-hybridized carbons (Fsp3) is 0.318. The number of aryl methyl sites for hydroxylation is 1. The van der Waals surface area contributed by atoms with Gasteiger partial charge in [-0.3, -0.25) is 9.59 Å². The third-order valence-electron chi connectivity index (χ3n) is 5.06. The molecule has 0 radical (unpaired) electrons. The van der Waals surface area contributed by atoms with Crippen LogP contribution < -0.4 is 5.56 Å². The molecule has 2 aromatic carbocycles. The van der Waals surface area contributed by atoms with Gasteiger partial charge in [0.1, 0.15) is 11.9 Å². The van der Waals surface area contributed by atoms with Crippen LogP contribution >= 0.6 is 0 Å². The third kappa shape index (κ3) is 4.12. The monoisotopic (exact) mass is 377 g/mol. The van der Waals surface area contributed by atoms with Crippen molar-refractivity contribution >= 4 is 16.8 Å². The number of ether oxygens (including phenoxy) is 1. The van der Waals surface area contributed by atoms with E-state index in [1.807, 2.05) is 53.4 Å². The lowest BCUT2D eigenvalue weighted by atomic mass is 10.1. The Hall–Kier alpha value is -2.99. The number of carbonyl (C=O) groups is 1. The molecular formula is C22H23N3O3. The van der Waals surface area contributed by atoms with Crippen LogP contribution in [-0.2, 0) is 16.0 Å². The van der Waals surface area contributed by atoms with E-state index in [2.05, 4.69) is 9.97 Å². The summed E-state index contributed by atoms with van der Waals surface area (Å²) in [5.41, 5.74) is 1.65. The van der Waals surface area contributed by atoms with Crippen molar-refractivity contribution < 1.29 is 9.53 Å². The van der Waals surface area contributed by atoms with Crippen LogP contribution in [0.2, 0.25) is 0 Å². The van der Waals surface area contributed by atoms with E-state index in [4.69, 9.17) is 4.74 Å². The summed E-state index contributed by atoms with van der Waals surface area (Å²) in [7, 11) is 0. The molecule has 1 aromatic heterocycles. The number of benzene rings is 2. The first-order valence-electron chi connectivity index (χ1n) is 9.63. The molecule has 0 aliphatic carbocycles. The molecule has 144 valence electrons. The number of carbonyl (C=O) groups excluding carboxylic acids is 1. The zero-order valence-electron chi connectivity index (χ0n) is 15.6. The number of nitrogens with zero attached hydrogens (tertiary/aromatic N) is 2. The first kappa shape index (κ1) is 18.4. The van der Waals surface area contributed by atoms with Gasteiger partial charge in [0, 0.05) is 19.4 Å². The van der Waals surface area contributed by atoms with Crippen LogP contribution in [0.5, 0.6) is 0 Å². The number of fused-ring (bicyclic) bond motifs is 1. The minimum Gasteiger partial charge on any atom is -0.370 e. The van der Waals surface area contributed by atoms with E-state index in [-0.39, 0.29) is 17.6 Å². The Bertz CT molecular complexity index is 1020. The molecule has 0 saturated carbocycles. The van der Waals surface area contributed by atoms with Crippen LogP contribution in [0.1, 0.15) is 30.3 Å². The van der Waals surface area contributed by atoms with Crippen LogP contribution in [0, 0.1) is 0 Å². The van der Waals surface area contributed by atoms with Gasteiger partial charge in [-0.25, -0.2) is 4.98 Å². The fourth-order valence-corrected chi connectivity index (χ4v) is 3.56. The third-order valence-corrected chi connectivity index (χ3v) is 5.06. The van der Waals surface area contributed by atoms with Gasteiger partial charge in [0.2, 0.25) is 5.91 Å². The van der Waals surface area contributed by atoms with Crippen molar-refractivity contribution in [2.75, 3.05) is 19.7 Å². The Morgan fingerprint density at radius 1 is 1.14 bits per heavy atom. The van der Waals surface area contributed by atoms with Gasteiger partial charge in [-0.05, 0) is 24.1 Å². The van der Waals surface area contributed by atoms with E-state index in [9.17, 15) is 9.59 Å².